The van der Waals surface area contributed by atoms with Crippen LogP contribution < -0.4 is 0 Å². The molecule has 1 aliphatic rings. The second kappa shape index (κ2) is 5.20. The van der Waals surface area contributed by atoms with E-state index in [4.69, 9.17) is 23.2 Å². The van der Waals surface area contributed by atoms with Crippen molar-refractivity contribution >= 4 is 23.2 Å². The number of halogens is 3. The van der Waals surface area contributed by atoms with Crippen LogP contribution in [-0.2, 0) is 6.42 Å². The lowest BCUT2D eigenvalue weighted by molar-refractivity contribution is 0.627. The van der Waals surface area contributed by atoms with Crippen LogP contribution in [0.1, 0.15) is 24.8 Å². The molecule has 1 aromatic carbocycles. The van der Waals surface area contributed by atoms with Crippen LogP contribution >= 0.6 is 23.2 Å². The first-order chi connectivity index (χ1) is 7.65. The fourth-order valence-electron chi connectivity index (χ4n) is 2.01. The van der Waals surface area contributed by atoms with E-state index in [-0.39, 0.29) is 16.2 Å². The highest BCUT2D eigenvalue weighted by Gasteiger charge is 2.11. The maximum Gasteiger partial charge on any atom is 0.141 e. The van der Waals surface area contributed by atoms with E-state index in [0.717, 1.165) is 31.2 Å². The summed E-state index contributed by atoms with van der Waals surface area (Å²) < 4.78 is 13.0. The van der Waals surface area contributed by atoms with E-state index in [2.05, 4.69) is 6.08 Å². The van der Waals surface area contributed by atoms with Crippen molar-refractivity contribution in [3.63, 3.8) is 0 Å². The minimum Gasteiger partial charge on any atom is -0.205 e. The second-order valence-corrected chi connectivity index (χ2v) is 5.13. The summed E-state index contributed by atoms with van der Waals surface area (Å²) in [6.07, 6.45) is 6.20. The van der Waals surface area contributed by atoms with Crippen molar-refractivity contribution in [2.24, 2.45) is 0 Å². The third kappa shape index (κ3) is 2.99. The first-order valence-corrected chi connectivity index (χ1v) is 6.24. The van der Waals surface area contributed by atoms with Gasteiger partial charge < -0.3 is 0 Å². The third-order valence-electron chi connectivity index (χ3n) is 2.81. The first kappa shape index (κ1) is 11.9. The van der Waals surface area contributed by atoms with Crippen molar-refractivity contribution in [1.29, 1.82) is 0 Å². The van der Waals surface area contributed by atoms with Crippen LogP contribution in [-0.4, -0.2) is 5.38 Å². The van der Waals surface area contributed by atoms with Gasteiger partial charge in [0.05, 0.1) is 10.4 Å². The zero-order valence-corrected chi connectivity index (χ0v) is 10.4. The van der Waals surface area contributed by atoms with Gasteiger partial charge in [-0.3, -0.25) is 0 Å². The average molecular weight is 259 g/mol. The molecule has 1 unspecified atom stereocenters. The molecule has 0 aliphatic heterocycles. The molecule has 0 amide bonds. The van der Waals surface area contributed by atoms with E-state index in [1.807, 2.05) is 0 Å². The Labute approximate surface area is 105 Å². The Bertz CT molecular complexity index is 412. The molecule has 0 spiro atoms. The van der Waals surface area contributed by atoms with Gasteiger partial charge in [-0.25, -0.2) is 4.39 Å². The van der Waals surface area contributed by atoms with E-state index < -0.39 is 0 Å². The Kier molecular flexibility index (Phi) is 3.88. The first-order valence-electron chi connectivity index (χ1n) is 5.43. The number of hydrogen-bond acceptors (Lipinski definition) is 0. The van der Waals surface area contributed by atoms with Gasteiger partial charge in [0.1, 0.15) is 5.82 Å². The molecule has 0 N–H and O–H groups in total. The summed E-state index contributed by atoms with van der Waals surface area (Å²) >= 11 is 11.8. The lowest BCUT2D eigenvalue weighted by Gasteiger charge is -2.16. The molecule has 0 saturated heterocycles. The Morgan fingerprint density at radius 3 is 2.88 bits per heavy atom. The maximum atomic E-state index is 13.0. The van der Waals surface area contributed by atoms with Gasteiger partial charge in [0, 0.05) is 0 Å². The lowest BCUT2D eigenvalue weighted by Crippen LogP contribution is -2.05. The molecule has 0 fully saturated rings. The Morgan fingerprint density at radius 2 is 2.19 bits per heavy atom. The highest BCUT2D eigenvalue weighted by atomic mass is 35.5. The van der Waals surface area contributed by atoms with Gasteiger partial charge in [-0.15, -0.1) is 11.6 Å². The number of allylic oxidation sites excluding steroid dienone is 2. The van der Waals surface area contributed by atoms with Crippen molar-refractivity contribution in [2.75, 3.05) is 0 Å². The van der Waals surface area contributed by atoms with Crippen LogP contribution in [0.3, 0.4) is 0 Å². The summed E-state index contributed by atoms with van der Waals surface area (Å²) in [6, 6.07) is 4.88. The molecule has 0 nitrogen and oxygen atoms in total. The van der Waals surface area contributed by atoms with Crippen molar-refractivity contribution in [3.05, 3.63) is 46.3 Å². The molecule has 16 heavy (non-hydrogen) atoms. The van der Waals surface area contributed by atoms with Gasteiger partial charge >= 0.3 is 0 Å². The van der Waals surface area contributed by atoms with Gasteiger partial charge in [0.15, 0.2) is 0 Å². The van der Waals surface area contributed by atoms with Crippen LogP contribution in [0.5, 0.6) is 0 Å². The topological polar surface area (TPSA) is 0 Å². The summed E-state index contributed by atoms with van der Waals surface area (Å²) in [6.45, 7) is 0. The van der Waals surface area contributed by atoms with Crippen molar-refractivity contribution in [3.8, 4) is 0 Å². The molecular formula is C13H13Cl2F. The van der Waals surface area contributed by atoms with Crippen LogP contribution in [0.4, 0.5) is 4.39 Å². The normalized spacial score (nSPS) is 20.7. The second-order valence-electron chi connectivity index (χ2n) is 4.16. The molecule has 1 aromatic rings. The molecule has 86 valence electrons. The summed E-state index contributed by atoms with van der Waals surface area (Å²) in [5, 5.41) is 0.344. The van der Waals surface area contributed by atoms with Crippen LogP contribution in [0.2, 0.25) is 5.02 Å². The summed E-state index contributed by atoms with van der Waals surface area (Å²) in [5.41, 5.74) is 2.37. The van der Waals surface area contributed by atoms with Gasteiger partial charge in [0.25, 0.3) is 0 Å². The Morgan fingerprint density at radius 1 is 1.38 bits per heavy atom. The molecular weight excluding hydrogens is 246 g/mol. The molecule has 0 heterocycles. The predicted molar refractivity (Wildman–Crippen MR) is 66.7 cm³/mol. The van der Waals surface area contributed by atoms with Crippen LogP contribution in [0.25, 0.3) is 0 Å². The fraction of sp³-hybridized carbons (Fsp3) is 0.385. The molecule has 0 radical (unpaired) electrons. The van der Waals surface area contributed by atoms with Gasteiger partial charge in [-0.05, 0) is 43.4 Å². The van der Waals surface area contributed by atoms with E-state index in [1.54, 1.807) is 12.1 Å². The third-order valence-corrected chi connectivity index (χ3v) is 3.44. The fourth-order valence-corrected chi connectivity index (χ4v) is 2.54. The number of rotatable bonds is 2. The molecule has 0 bridgehead atoms. The largest absolute Gasteiger partial charge is 0.205 e. The smallest absolute Gasteiger partial charge is 0.141 e. The standard InChI is InChI=1S/C13H13Cl2F/c14-11-3-1-2-9(7-11)6-10-4-5-13(16)12(15)8-10/h4-5,7-8,11H,1-3,6H2. The highest BCUT2D eigenvalue weighted by Crippen LogP contribution is 2.25. The SMILES string of the molecule is Fc1ccc(CC2=CC(Cl)CCC2)cc1Cl. The van der Waals surface area contributed by atoms with Crippen LogP contribution in [0.15, 0.2) is 29.8 Å². The van der Waals surface area contributed by atoms with Gasteiger partial charge in [-0.2, -0.15) is 0 Å². The zero-order chi connectivity index (χ0) is 11.5. The van der Waals surface area contributed by atoms with Gasteiger partial charge in [0.2, 0.25) is 0 Å². The molecule has 2 rings (SSSR count). The average Bonchev–Trinajstić information content (AvgIpc) is 2.24. The minimum atomic E-state index is -0.363. The molecule has 0 saturated carbocycles. The molecule has 3 heteroatoms. The molecule has 0 aromatic heterocycles. The quantitative estimate of drug-likeness (QED) is 0.531. The number of benzene rings is 1. The Hall–Kier alpha value is -0.530. The van der Waals surface area contributed by atoms with E-state index in [1.165, 1.54) is 11.6 Å². The van der Waals surface area contributed by atoms with E-state index in [0.29, 0.717) is 0 Å². The summed E-state index contributed by atoms with van der Waals surface area (Å²) in [5.74, 6) is -0.363. The zero-order valence-electron chi connectivity index (χ0n) is 8.85. The van der Waals surface area contributed by atoms with Crippen molar-refractivity contribution in [2.45, 2.75) is 31.1 Å². The monoisotopic (exact) mass is 258 g/mol. The Balaban J connectivity index is 2.11. The van der Waals surface area contributed by atoms with Gasteiger partial charge in [-0.1, -0.05) is 29.3 Å². The molecule has 1 aliphatic carbocycles. The van der Waals surface area contributed by atoms with E-state index in [9.17, 15) is 4.39 Å². The minimum absolute atomic E-state index is 0.152. The number of hydrogen-bond donors (Lipinski definition) is 0. The molecule has 1 atom stereocenters. The van der Waals surface area contributed by atoms with Crippen LogP contribution in [0, 0.1) is 5.82 Å². The predicted octanol–water partition coefficient (Wildman–Crippen LogP) is 4.74. The van der Waals surface area contributed by atoms with Crippen molar-refractivity contribution in [1.82, 2.24) is 0 Å². The summed E-state index contributed by atoms with van der Waals surface area (Å²) in [4.78, 5) is 0. The van der Waals surface area contributed by atoms with Crippen molar-refractivity contribution < 1.29 is 4.39 Å². The van der Waals surface area contributed by atoms with E-state index >= 15 is 0 Å². The maximum absolute atomic E-state index is 13.0. The number of alkyl halides is 1. The highest BCUT2D eigenvalue weighted by molar-refractivity contribution is 6.30. The lowest BCUT2D eigenvalue weighted by atomic mass is 9.94. The summed E-state index contributed by atoms with van der Waals surface area (Å²) in [7, 11) is 0.